The molecule has 2 aromatic rings. The SMILES string of the molecule is COC(=O)N/N=C/c1cccc(OCc2ccc(Cl)cc2)c1. The minimum atomic E-state index is -0.619. The van der Waals surface area contributed by atoms with Crippen LogP contribution in [-0.4, -0.2) is 19.4 Å². The molecule has 6 heteroatoms. The molecule has 2 aromatic carbocycles. The quantitative estimate of drug-likeness (QED) is 0.676. The first-order chi connectivity index (χ1) is 10.7. The Balaban J connectivity index is 1.93. The largest absolute Gasteiger partial charge is 0.489 e. The number of hydrogen-bond donors (Lipinski definition) is 1. The van der Waals surface area contributed by atoms with Gasteiger partial charge in [0.1, 0.15) is 12.4 Å². The summed E-state index contributed by atoms with van der Waals surface area (Å²) < 4.78 is 10.1. The molecular weight excluding hydrogens is 304 g/mol. The van der Waals surface area contributed by atoms with Gasteiger partial charge in [-0.3, -0.25) is 0 Å². The van der Waals surface area contributed by atoms with E-state index in [1.165, 1.54) is 13.3 Å². The van der Waals surface area contributed by atoms with Crippen LogP contribution < -0.4 is 10.2 Å². The van der Waals surface area contributed by atoms with Crippen molar-refractivity contribution in [3.63, 3.8) is 0 Å². The first-order valence-corrected chi connectivity index (χ1v) is 6.89. The van der Waals surface area contributed by atoms with E-state index in [9.17, 15) is 4.79 Å². The Labute approximate surface area is 133 Å². The van der Waals surface area contributed by atoms with Gasteiger partial charge in [0.05, 0.1) is 13.3 Å². The van der Waals surface area contributed by atoms with Gasteiger partial charge in [-0.15, -0.1) is 0 Å². The summed E-state index contributed by atoms with van der Waals surface area (Å²) in [5.74, 6) is 0.706. The van der Waals surface area contributed by atoms with E-state index in [0.717, 1.165) is 11.1 Å². The number of nitrogens with one attached hydrogen (secondary N) is 1. The molecular formula is C16H15ClN2O3. The number of amides is 1. The molecule has 0 saturated carbocycles. The second-order valence-corrected chi connectivity index (χ2v) is 4.79. The zero-order chi connectivity index (χ0) is 15.8. The molecule has 0 heterocycles. The van der Waals surface area contributed by atoms with Crippen molar-refractivity contribution in [1.29, 1.82) is 0 Å². The molecule has 0 fully saturated rings. The van der Waals surface area contributed by atoms with Crippen molar-refractivity contribution < 1.29 is 14.3 Å². The molecule has 0 unspecified atom stereocenters. The van der Waals surface area contributed by atoms with Gasteiger partial charge < -0.3 is 9.47 Å². The van der Waals surface area contributed by atoms with Gasteiger partial charge in [0.25, 0.3) is 0 Å². The van der Waals surface area contributed by atoms with Crippen LogP contribution in [0.1, 0.15) is 11.1 Å². The van der Waals surface area contributed by atoms with E-state index in [0.29, 0.717) is 17.4 Å². The third kappa shape index (κ3) is 5.10. The molecule has 0 radical (unpaired) electrons. The molecule has 0 spiro atoms. The minimum Gasteiger partial charge on any atom is -0.489 e. The normalized spacial score (nSPS) is 10.5. The van der Waals surface area contributed by atoms with Crippen molar-refractivity contribution in [2.45, 2.75) is 6.61 Å². The second kappa shape index (κ2) is 8.05. The van der Waals surface area contributed by atoms with Gasteiger partial charge in [-0.25, -0.2) is 10.2 Å². The predicted molar refractivity (Wildman–Crippen MR) is 85.4 cm³/mol. The smallest absolute Gasteiger partial charge is 0.427 e. The van der Waals surface area contributed by atoms with Crippen molar-refractivity contribution in [1.82, 2.24) is 5.43 Å². The van der Waals surface area contributed by atoms with Gasteiger partial charge in [-0.2, -0.15) is 5.10 Å². The highest BCUT2D eigenvalue weighted by Crippen LogP contribution is 2.15. The second-order valence-electron chi connectivity index (χ2n) is 4.35. The van der Waals surface area contributed by atoms with Gasteiger partial charge in [0.2, 0.25) is 0 Å². The van der Waals surface area contributed by atoms with Gasteiger partial charge in [0, 0.05) is 5.02 Å². The summed E-state index contributed by atoms with van der Waals surface area (Å²) in [5.41, 5.74) is 4.04. The molecule has 0 aromatic heterocycles. The maximum atomic E-state index is 10.9. The summed E-state index contributed by atoms with van der Waals surface area (Å²) in [6.07, 6.45) is 0.887. The Kier molecular flexibility index (Phi) is 5.80. The Morgan fingerprint density at radius 2 is 2.05 bits per heavy atom. The molecule has 0 saturated heterocycles. The number of methoxy groups -OCH3 is 1. The molecule has 0 atom stereocenters. The lowest BCUT2D eigenvalue weighted by Crippen LogP contribution is -2.16. The molecule has 1 amide bonds. The summed E-state index contributed by atoms with van der Waals surface area (Å²) in [4.78, 5) is 10.9. The number of hydrazone groups is 1. The van der Waals surface area contributed by atoms with E-state index in [2.05, 4.69) is 15.3 Å². The fourth-order valence-electron chi connectivity index (χ4n) is 1.64. The van der Waals surface area contributed by atoms with Crippen molar-refractivity contribution in [3.05, 3.63) is 64.7 Å². The van der Waals surface area contributed by atoms with Crippen molar-refractivity contribution in [2.75, 3.05) is 7.11 Å². The van der Waals surface area contributed by atoms with Crippen LogP contribution in [0, 0.1) is 0 Å². The van der Waals surface area contributed by atoms with Crippen molar-refractivity contribution in [3.8, 4) is 5.75 Å². The molecule has 22 heavy (non-hydrogen) atoms. The zero-order valence-electron chi connectivity index (χ0n) is 12.0. The Morgan fingerprint density at radius 1 is 1.27 bits per heavy atom. The van der Waals surface area contributed by atoms with Crippen LogP contribution in [0.5, 0.6) is 5.75 Å². The van der Waals surface area contributed by atoms with Gasteiger partial charge in [-0.05, 0) is 35.4 Å². The highest BCUT2D eigenvalue weighted by molar-refractivity contribution is 6.30. The van der Waals surface area contributed by atoms with E-state index in [1.807, 2.05) is 48.5 Å². The first-order valence-electron chi connectivity index (χ1n) is 6.52. The first kappa shape index (κ1) is 15.9. The van der Waals surface area contributed by atoms with E-state index >= 15 is 0 Å². The lowest BCUT2D eigenvalue weighted by Gasteiger charge is -2.07. The standard InChI is InChI=1S/C16H15ClN2O3/c1-21-16(20)19-18-10-13-3-2-4-15(9-13)22-11-12-5-7-14(17)8-6-12/h2-10H,11H2,1H3,(H,19,20)/b18-10+. The van der Waals surface area contributed by atoms with E-state index in [1.54, 1.807) is 0 Å². The molecule has 2 rings (SSSR count). The topological polar surface area (TPSA) is 59.9 Å². The zero-order valence-corrected chi connectivity index (χ0v) is 12.7. The van der Waals surface area contributed by atoms with Gasteiger partial charge in [0.15, 0.2) is 0 Å². The van der Waals surface area contributed by atoms with Gasteiger partial charge in [-0.1, -0.05) is 35.9 Å². The number of benzene rings is 2. The highest BCUT2D eigenvalue weighted by Gasteiger charge is 1.98. The van der Waals surface area contributed by atoms with Crippen LogP contribution in [0.4, 0.5) is 4.79 Å². The lowest BCUT2D eigenvalue weighted by atomic mass is 10.2. The monoisotopic (exact) mass is 318 g/mol. The Bertz CT molecular complexity index is 657. The Hall–Kier alpha value is -2.53. The minimum absolute atomic E-state index is 0.443. The lowest BCUT2D eigenvalue weighted by molar-refractivity contribution is 0.171. The van der Waals surface area contributed by atoms with Gasteiger partial charge >= 0.3 is 6.09 Å². The molecule has 0 aliphatic carbocycles. The molecule has 114 valence electrons. The maximum Gasteiger partial charge on any atom is 0.427 e. The van der Waals surface area contributed by atoms with Crippen LogP contribution >= 0.6 is 11.6 Å². The van der Waals surface area contributed by atoms with Crippen molar-refractivity contribution in [2.24, 2.45) is 5.10 Å². The summed E-state index contributed by atoms with van der Waals surface area (Å²) in [6, 6.07) is 14.8. The molecule has 1 N–H and O–H groups in total. The van der Waals surface area contributed by atoms with Crippen molar-refractivity contribution >= 4 is 23.9 Å². The molecule has 0 aliphatic heterocycles. The Morgan fingerprint density at radius 3 is 2.77 bits per heavy atom. The van der Waals surface area contributed by atoms with Crippen LogP contribution in [0.3, 0.4) is 0 Å². The molecule has 0 bridgehead atoms. The van der Waals surface area contributed by atoms with Crippen LogP contribution in [-0.2, 0) is 11.3 Å². The van der Waals surface area contributed by atoms with E-state index < -0.39 is 6.09 Å². The average Bonchev–Trinajstić information content (AvgIpc) is 2.54. The number of carbonyl (C=O) groups excluding carboxylic acids is 1. The van der Waals surface area contributed by atoms with Crippen LogP contribution in [0.25, 0.3) is 0 Å². The number of nitrogens with zero attached hydrogens (tertiary/aromatic N) is 1. The third-order valence-corrected chi connectivity index (χ3v) is 2.98. The van der Waals surface area contributed by atoms with E-state index in [-0.39, 0.29) is 0 Å². The van der Waals surface area contributed by atoms with Crippen LogP contribution in [0.2, 0.25) is 5.02 Å². The summed E-state index contributed by atoms with van der Waals surface area (Å²) in [5, 5.41) is 4.46. The number of halogens is 1. The van der Waals surface area contributed by atoms with Crippen LogP contribution in [0.15, 0.2) is 53.6 Å². The summed E-state index contributed by atoms with van der Waals surface area (Å²) in [7, 11) is 1.27. The maximum absolute atomic E-state index is 10.9. The number of ether oxygens (including phenoxy) is 2. The number of rotatable bonds is 5. The number of carbonyl (C=O) groups is 1. The number of hydrogen-bond acceptors (Lipinski definition) is 4. The molecule has 5 nitrogen and oxygen atoms in total. The molecule has 0 aliphatic rings. The highest BCUT2D eigenvalue weighted by atomic mass is 35.5. The fourth-order valence-corrected chi connectivity index (χ4v) is 1.76. The third-order valence-electron chi connectivity index (χ3n) is 2.73. The summed E-state index contributed by atoms with van der Waals surface area (Å²) >= 11 is 5.84. The fraction of sp³-hybridized carbons (Fsp3) is 0.125. The van der Waals surface area contributed by atoms with E-state index in [4.69, 9.17) is 16.3 Å². The predicted octanol–water partition coefficient (Wildman–Crippen LogP) is 3.61. The average molecular weight is 319 g/mol. The summed E-state index contributed by atoms with van der Waals surface area (Å²) in [6.45, 7) is 0.443.